The van der Waals surface area contributed by atoms with Crippen molar-refractivity contribution in [2.45, 2.75) is 6.42 Å². The highest BCUT2D eigenvalue weighted by molar-refractivity contribution is 5.84. The van der Waals surface area contributed by atoms with Crippen LogP contribution >= 0.6 is 0 Å². The number of benzene rings is 2. The van der Waals surface area contributed by atoms with Crippen LogP contribution in [0.4, 0.5) is 0 Å². The Hall–Kier alpha value is -3.93. The van der Waals surface area contributed by atoms with E-state index < -0.39 is 11.9 Å². The van der Waals surface area contributed by atoms with Gasteiger partial charge in [-0.25, -0.2) is 4.79 Å². The Kier molecular flexibility index (Phi) is 5.50. The first-order valence-electron chi connectivity index (χ1n) is 8.34. The molecule has 0 saturated heterocycles. The van der Waals surface area contributed by atoms with Gasteiger partial charge in [0.15, 0.2) is 5.43 Å². The number of hydrogen-bond acceptors (Lipinski definition) is 6. The summed E-state index contributed by atoms with van der Waals surface area (Å²) in [6.45, 7) is 6.81. The van der Waals surface area contributed by atoms with Gasteiger partial charge in [0.05, 0.1) is 11.8 Å². The van der Waals surface area contributed by atoms with E-state index in [1.807, 2.05) is 0 Å². The summed E-state index contributed by atoms with van der Waals surface area (Å²) in [6, 6.07) is 12.4. The van der Waals surface area contributed by atoms with Crippen LogP contribution in [0.2, 0.25) is 0 Å². The second-order valence-corrected chi connectivity index (χ2v) is 5.75. The summed E-state index contributed by atoms with van der Waals surface area (Å²) in [5.74, 6) is -0.0618. The molecule has 3 rings (SSSR count). The lowest BCUT2D eigenvalue weighted by Gasteiger charge is -2.07. The number of fused-ring (bicyclic) bond motifs is 1. The first-order valence-corrected chi connectivity index (χ1v) is 8.34. The zero-order chi connectivity index (χ0) is 20.1. The quantitative estimate of drug-likeness (QED) is 0.280. The van der Waals surface area contributed by atoms with Crippen LogP contribution < -0.4 is 14.9 Å². The van der Waals surface area contributed by atoms with E-state index in [1.54, 1.807) is 36.4 Å². The van der Waals surface area contributed by atoms with E-state index >= 15 is 0 Å². The lowest BCUT2D eigenvalue weighted by atomic mass is 10.1. The third-order valence-electron chi connectivity index (χ3n) is 3.77. The predicted octanol–water partition coefficient (Wildman–Crippen LogP) is 4.03. The van der Waals surface area contributed by atoms with Gasteiger partial charge in [-0.3, -0.25) is 9.59 Å². The monoisotopic (exact) mass is 376 g/mol. The van der Waals surface area contributed by atoms with Crippen molar-refractivity contribution in [3.05, 3.63) is 84.1 Å². The molecule has 0 saturated carbocycles. The molecule has 0 atom stereocenters. The van der Waals surface area contributed by atoms with Crippen LogP contribution in [0.25, 0.3) is 22.3 Å². The van der Waals surface area contributed by atoms with Crippen LogP contribution in [0.15, 0.2) is 83.1 Å². The largest absolute Gasteiger partial charge is 0.456 e. The van der Waals surface area contributed by atoms with E-state index in [2.05, 4.69) is 13.2 Å². The zero-order valence-corrected chi connectivity index (χ0v) is 14.8. The molecule has 28 heavy (non-hydrogen) atoms. The van der Waals surface area contributed by atoms with Gasteiger partial charge in [0, 0.05) is 17.7 Å². The average molecular weight is 376 g/mol. The zero-order valence-electron chi connectivity index (χ0n) is 14.8. The molecule has 1 heterocycles. The van der Waals surface area contributed by atoms with Gasteiger partial charge in [-0.05, 0) is 42.5 Å². The van der Waals surface area contributed by atoms with Gasteiger partial charge in [0.1, 0.15) is 22.8 Å². The maximum Gasteiger partial charge on any atom is 0.335 e. The van der Waals surface area contributed by atoms with Crippen molar-refractivity contribution in [1.29, 1.82) is 0 Å². The van der Waals surface area contributed by atoms with Crippen LogP contribution in [0.3, 0.4) is 0 Å². The number of hydrogen-bond donors (Lipinski definition) is 0. The highest BCUT2D eigenvalue weighted by atomic mass is 16.5. The Bertz CT molecular complexity index is 1120. The number of rotatable bonds is 6. The lowest BCUT2D eigenvalue weighted by molar-refractivity contribution is -0.133. The van der Waals surface area contributed by atoms with E-state index in [0.29, 0.717) is 28.0 Å². The molecule has 0 fully saturated rings. The molecule has 3 aromatic rings. The van der Waals surface area contributed by atoms with E-state index in [0.717, 1.165) is 6.08 Å². The van der Waals surface area contributed by atoms with E-state index in [4.69, 9.17) is 13.9 Å². The van der Waals surface area contributed by atoms with Crippen LogP contribution in [-0.4, -0.2) is 11.9 Å². The molecule has 0 aliphatic carbocycles. The summed E-state index contributed by atoms with van der Waals surface area (Å²) in [6.07, 6.45) is 2.58. The minimum Gasteiger partial charge on any atom is -0.456 e. The van der Waals surface area contributed by atoms with E-state index in [9.17, 15) is 14.4 Å². The molecule has 6 heteroatoms. The third-order valence-corrected chi connectivity index (χ3v) is 3.77. The van der Waals surface area contributed by atoms with E-state index in [-0.39, 0.29) is 17.6 Å². The second kappa shape index (κ2) is 8.18. The van der Waals surface area contributed by atoms with Gasteiger partial charge < -0.3 is 13.9 Å². The molecule has 0 aliphatic heterocycles. The Morgan fingerprint density at radius 3 is 2.36 bits per heavy atom. The van der Waals surface area contributed by atoms with Crippen molar-refractivity contribution in [2.75, 3.05) is 0 Å². The first-order chi connectivity index (χ1) is 13.5. The third kappa shape index (κ3) is 4.24. The summed E-state index contributed by atoms with van der Waals surface area (Å²) in [5, 5.41) is 0.296. The molecule has 0 N–H and O–H groups in total. The lowest BCUT2D eigenvalue weighted by Crippen LogP contribution is -2.07. The molecule has 2 aromatic carbocycles. The van der Waals surface area contributed by atoms with Crippen molar-refractivity contribution >= 4 is 22.9 Å². The normalized spacial score (nSPS) is 10.3. The fraction of sp³-hybridized carbons (Fsp3) is 0.0455. The maximum atomic E-state index is 12.5. The Morgan fingerprint density at radius 2 is 1.68 bits per heavy atom. The van der Waals surface area contributed by atoms with Gasteiger partial charge >= 0.3 is 11.9 Å². The smallest absolute Gasteiger partial charge is 0.335 e. The molecular weight excluding hydrogens is 360 g/mol. The van der Waals surface area contributed by atoms with Gasteiger partial charge in [0.25, 0.3) is 0 Å². The SMILES string of the molecule is C=CCC(=O)Oc1ccc2oc(-c3ccc(OC(=O)C=C)cc3)cc(=O)c2c1. The molecule has 0 bridgehead atoms. The Labute approximate surface area is 160 Å². The summed E-state index contributed by atoms with van der Waals surface area (Å²) in [7, 11) is 0. The number of esters is 2. The summed E-state index contributed by atoms with van der Waals surface area (Å²) in [4.78, 5) is 35.3. The second-order valence-electron chi connectivity index (χ2n) is 5.75. The van der Waals surface area contributed by atoms with Gasteiger partial charge in [-0.1, -0.05) is 12.7 Å². The fourth-order valence-corrected chi connectivity index (χ4v) is 2.48. The molecule has 0 amide bonds. The molecule has 140 valence electrons. The highest BCUT2D eigenvalue weighted by Gasteiger charge is 2.10. The van der Waals surface area contributed by atoms with Crippen LogP contribution in [0.5, 0.6) is 11.5 Å². The minimum absolute atomic E-state index is 0.0731. The van der Waals surface area contributed by atoms with Crippen molar-refractivity contribution in [1.82, 2.24) is 0 Å². The molecule has 0 spiro atoms. The van der Waals surface area contributed by atoms with Gasteiger partial charge in [-0.2, -0.15) is 0 Å². The molecule has 6 nitrogen and oxygen atoms in total. The van der Waals surface area contributed by atoms with Crippen molar-refractivity contribution in [3.8, 4) is 22.8 Å². The Morgan fingerprint density at radius 1 is 0.964 bits per heavy atom. The van der Waals surface area contributed by atoms with Crippen molar-refractivity contribution < 1.29 is 23.5 Å². The maximum absolute atomic E-state index is 12.5. The highest BCUT2D eigenvalue weighted by Crippen LogP contribution is 2.26. The number of carbonyl (C=O) groups excluding carboxylic acids is 2. The van der Waals surface area contributed by atoms with Crippen LogP contribution in [-0.2, 0) is 9.59 Å². The molecule has 0 radical (unpaired) electrons. The number of carbonyl (C=O) groups is 2. The van der Waals surface area contributed by atoms with Crippen LogP contribution in [0.1, 0.15) is 6.42 Å². The fourth-order valence-electron chi connectivity index (χ4n) is 2.48. The number of ether oxygens (including phenoxy) is 2. The summed E-state index contributed by atoms with van der Waals surface area (Å²) >= 11 is 0. The molecule has 0 aliphatic rings. The topological polar surface area (TPSA) is 82.8 Å². The molecule has 1 aromatic heterocycles. The van der Waals surface area contributed by atoms with Crippen LogP contribution in [0, 0.1) is 0 Å². The predicted molar refractivity (Wildman–Crippen MR) is 104 cm³/mol. The van der Waals surface area contributed by atoms with Crippen molar-refractivity contribution in [3.63, 3.8) is 0 Å². The molecule has 0 unspecified atom stereocenters. The van der Waals surface area contributed by atoms with E-state index in [1.165, 1.54) is 18.2 Å². The minimum atomic E-state index is -0.561. The van der Waals surface area contributed by atoms with Gasteiger partial charge in [0.2, 0.25) is 0 Å². The summed E-state index contributed by atoms with van der Waals surface area (Å²) < 4.78 is 16.0. The molecular formula is C22H16O6. The van der Waals surface area contributed by atoms with Gasteiger partial charge in [-0.15, -0.1) is 6.58 Å². The average Bonchev–Trinajstić information content (AvgIpc) is 2.69. The standard InChI is InChI=1S/C22H16O6/c1-3-5-22(25)27-16-10-11-19-17(12-16)18(23)13-20(28-19)14-6-8-15(9-7-14)26-21(24)4-2/h3-4,6-13H,1-2,5H2. The summed E-state index contributed by atoms with van der Waals surface area (Å²) in [5.41, 5.74) is 0.715. The first kappa shape index (κ1) is 18.8. The Balaban J connectivity index is 1.90. The van der Waals surface area contributed by atoms with Crippen molar-refractivity contribution in [2.24, 2.45) is 0 Å².